The lowest BCUT2D eigenvalue weighted by Gasteiger charge is -2.36. The van der Waals surface area contributed by atoms with Gasteiger partial charge >= 0.3 is 12.5 Å². The fourth-order valence-corrected chi connectivity index (χ4v) is 2.92. The highest BCUT2D eigenvalue weighted by Crippen LogP contribution is 2.33. The molecule has 2 rings (SSSR count). The van der Waals surface area contributed by atoms with Gasteiger partial charge in [-0.15, -0.1) is 0 Å². The number of nitrogens with one attached hydrogen (secondary N) is 1. The topological polar surface area (TPSA) is 24.5 Å². The Morgan fingerprint density at radius 3 is 2.46 bits per heavy atom. The lowest BCUT2D eigenvalue weighted by Crippen LogP contribution is -2.45. The molecule has 1 aliphatic rings. The van der Waals surface area contributed by atoms with E-state index >= 15 is 0 Å². The average molecular weight is 348 g/mol. The maximum Gasteiger partial charge on any atom is 0.461 e. The molecule has 1 aliphatic heterocycles. The lowest BCUT2D eigenvalue weighted by molar-refractivity contribution is -0.253. The minimum absolute atomic E-state index is 0.0517. The summed E-state index contributed by atoms with van der Waals surface area (Å²) in [5, 5.41) is 3.28. The second-order valence-corrected chi connectivity index (χ2v) is 6.47. The first kappa shape index (κ1) is 19.0. The molecule has 1 fully saturated rings. The first-order chi connectivity index (χ1) is 11.3. The van der Waals surface area contributed by atoms with E-state index in [1.54, 1.807) is 6.07 Å². The van der Waals surface area contributed by atoms with Gasteiger partial charge in [-0.25, -0.2) is 0 Å². The molecule has 136 valence electrons. The molecule has 1 atom stereocenters. The molecular formula is C17H24F4N2O. The van der Waals surface area contributed by atoms with Gasteiger partial charge in [0.15, 0.2) is 0 Å². The van der Waals surface area contributed by atoms with Gasteiger partial charge in [0.2, 0.25) is 0 Å². The third-order valence-corrected chi connectivity index (χ3v) is 4.04. The fourth-order valence-electron chi connectivity index (χ4n) is 2.92. The Hall–Kier alpha value is -1.34. The Balaban J connectivity index is 2.21. The number of hydrogen-bond acceptors (Lipinski definition) is 3. The first-order valence-electron chi connectivity index (χ1n) is 8.19. The number of ether oxygens (including phenoxy) is 1. The van der Waals surface area contributed by atoms with Crippen molar-refractivity contribution in [1.29, 1.82) is 0 Å². The fraction of sp³-hybridized carbons (Fsp3) is 0.647. The van der Waals surface area contributed by atoms with Crippen LogP contribution in [0.15, 0.2) is 24.3 Å². The highest BCUT2D eigenvalue weighted by atomic mass is 19.3. The Kier molecular flexibility index (Phi) is 6.46. The van der Waals surface area contributed by atoms with Crippen LogP contribution >= 0.6 is 0 Å². The lowest BCUT2D eigenvalue weighted by atomic mass is 9.95. The second kappa shape index (κ2) is 8.16. The Morgan fingerprint density at radius 2 is 1.88 bits per heavy atom. The van der Waals surface area contributed by atoms with Gasteiger partial charge in [-0.05, 0) is 30.0 Å². The zero-order valence-electron chi connectivity index (χ0n) is 13.9. The van der Waals surface area contributed by atoms with Gasteiger partial charge in [-0.3, -0.25) is 4.90 Å². The summed E-state index contributed by atoms with van der Waals surface area (Å²) in [6.07, 6.45) is -7.49. The summed E-state index contributed by atoms with van der Waals surface area (Å²) in [6, 6.07) is 6.19. The monoisotopic (exact) mass is 348 g/mol. The zero-order valence-corrected chi connectivity index (χ0v) is 13.9. The van der Waals surface area contributed by atoms with Crippen molar-refractivity contribution in [2.24, 2.45) is 5.92 Å². The van der Waals surface area contributed by atoms with Crippen molar-refractivity contribution in [2.75, 3.05) is 26.2 Å². The quantitative estimate of drug-likeness (QED) is 0.756. The molecule has 0 saturated carbocycles. The molecule has 3 nitrogen and oxygen atoms in total. The molecule has 0 aromatic heterocycles. The van der Waals surface area contributed by atoms with Crippen LogP contribution in [0, 0.1) is 5.92 Å². The Labute approximate surface area is 140 Å². The smallest absolute Gasteiger partial charge is 0.428 e. The molecule has 0 radical (unpaired) electrons. The normalized spacial score (nSPS) is 18.2. The van der Waals surface area contributed by atoms with Crippen molar-refractivity contribution in [3.63, 3.8) is 0 Å². The van der Waals surface area contributed by atoms with Crippen LogP contribution in [0.3, 0.4) is 0 Å². The number of piperazine rings is 1. The highest BCUT2D eigenvalue weighted by molar-refractivity contribution is 5.31. The molecule has 0 unspecified atom stereocenters. The van der Waals surface area contributed by atoms with E-state index in [1.807, 2.05) is 6.07 Å². The van der Waals surface area contributed by atoms with Gasteiger partial charge in [-0.1, -0.05) is 26.0 Å². The van der Waals surface area contributed by atoms with Gasteiger partial charge in [0, 0.05) is 32.2 Å². The van der Waals surface area contributed by atoms with E-state index in [2.05, 4.69) is 28.8 Å². The van der Waals surface area contributed by atoms with Crippen molar-refractivity contribution in [2.45, 2.75) is 38.8 Å². The van der Waals surface area contributed by atoms with E-state index in [0.717, 1.165) is 38.2 Å². The molecule has 0 amide bonds. The van der Waals surface area contributed by atoms with Crippen LogP contribution < -0.4 is 10.1 Å². The molecule has 7 heteroatoms. The predicted molar refractivity (Wildman–Crippen MR) is 84.7 cm³/mol. The standard InChI is InChI=1S/C17H24F4N2O/c1-12(2)10-15(23-8-6-22-7-9-23)13-4-3-5-14(11-13)24-17(20,21)16(18)19/h3-5,11-12,15-16,22H,6-10H2,1-2H3/t15-/m0/s1. The van der Waals surface area contributed by atoms with Crippen LogP contribution in [0.1, 0.15) is 31.9 Å². The van der Waals surface area contributed by atoms with Crippen molar-refractivity contribution in [3.05, 3.63) is 29.8 Å². The minimum atomic E-state index is -4.48. The summed E-state index contributed by atoms with van der Waals surface area (Å²) in [5.41, 5.74) is 0.813. The predicted octanol–water partition coefficient (Wildman–Crippen LogP) is 3.92. The summed E-state index contributed by atoms with van der Waals surface area (Å²) in [4.78, 5) is 2.29. The maximum atomic E-state index is 13.1. The van der Waals surface area contributed by atoms with Crippen molar-refractivity contribution in [3.8, 4) is 5.75 Å². The van der Waals surface area contributed by atoms with E-state index < -0.39 is 12.5 Å². The Bertz CT molecular complexity index is 519. The number of halogens is 4. The Morgan fingerprint density at radius 1 is 1.21 bits per heavy atom. The number of hydrogen-bond donors (Lipinski definition) is 1. The van der Waals surface area contributed by atoms with Crippen molar-refractivity contribution < 1.29 is 22.3 Å². The van der Waals surface area contributed by atoms with Crippen molar-refractivity contribution in [1.82, 2.24) is 10.2 Å². The van der Waals surface area contributed by atoms with E-state index in [-0.39, 0.29) is 11.8 Å². The molecule has 1 aromatic carbocycles. The molecule has 1 aromatic rings. The summed E-state index contributed by atoms with van der Waals surface area (Å²) < 4.78 is 55.2. The number of rotatable bonds is 7. The van der Waals surface area contributed by atoms with Gasteiger partial charge in [0.05, 0.1) is 0 Å². The van der Waals surface area contributed by atoms with Crippen LogP contribution in [0.5, 0.6) is 5.75 Å². The van der Waals surface area contributed by atoms with Gasteiger partial charge in [-0.2, -0.15) is 17.6 Å². The zero-order chi connectivity index (χ0) is 17.7. The van der Waals surface area contributed by atoms with Crippen LogP contribution in [-0.2, 0) is 0 Å². The summed E-state index contributed by atoms with van der Waals surface area (Å²) >= 11 is 0. The molecular weight excluding hydrogens is 324 g/mol. The van der Waals surface area contributed by atoms with Crippen molar-refractivity contribution >= 4 is 0 Å². The highest BCUT2D eigenvalue weighted by Gasteiger charge is 2.44. The molecule has 0 bridgehead atoms. The summed E-state index contributed by atoms with van der Waals surface area (Å²) in [7, 11) is 0. The number of alkyl halides is 4. The molecule has 0 spiro atoms. The van der Waals surface area contributed by atoms with E-state index in [1.165, 1.54) is 12.1 Å². The second-order valence-electron chi connectivity index (χ2n) is 6.47. The third-order valence-electron chi connectivity index (χ3n) is 4.04. The summed E-state index contributed by atoms with van der Waals surface area (Å²) in [5.74, 6) is 0.179. The third kappa shape index (κ3) is 5.08. The van der Waals surface area contributed by atoms with E-state index in [0.29, 0.717) is 5.92 Å². The van der Waals surface area contributed by atoms with E-state index in [9.17, 15) is 17.6 Å². The van der Waals surface area contributed by atoms with Crippen LogP contribution in [0.25, 0.3) is 0 Å². The van der Waals surface area contributed by atoms with Gasteiger partial charge in [0.25, 0.3) is 0 Å². The van der Waals surface area contributed by atoms with Crippen LogP contribution in [-0.4, -0.2) is 43.6 Å². The SMILES string of the molecule is CC(C)C[C@@H](c1cccc(OC(F)(F)C(F)F)c1)N1CCNCC1. The molecule has 0 aliphatic carbocycles. The van der Waals surface area contributed by atoms with Gasteiger partial charge < -0.3 is 10.1 Å². The maximum absolute atomic E-state index is 13.1. The first-order valence-corrected chi connectivity index (χ1v) is 8.19. The minimum Gasteiger partial charge on any atom is -0.428 e. The molecule has 24 heavy (non-hydrogen) atoms. The number of nitrogens with zero attached hydrogens (tertiary/aromatic N) is 1. The number of benzene rings is 1. The summed E-state index contributed by atoms with van der Waals surface area (Å²) in [6.45, 7) is 7.65. The molecule has 1 heterocycles. The average Bonchev–Trinajstić information content (AvgIpc) is 2.53. The molecule has 1 saturated heterocycles. The molecule has 1 N–H and O–H groups in total. The van der Waals surface area contributed by atoms with E-state index in [4.69, 9.17) is 0 Å². The van der Waals surface area contributed by atoms with Crippen LogP contribution in [0.4, 0.5) is 17.6 Å². The van der Waals surface area contributed by atoms with Crippen LogP contribution in [0.2, 0.25) is 0 Å². The van der Waals surface area contributed by atoms with Gasteiger partial charge in [0.1, 0.15) is 5.75 Å². The largest absolute Gasteiger partial charge is 0.461 e.